The molecule has 0 saturated carbocycles. The van der Waals surface area contributed by atoms with Crippen LogP contribution in [-0.2, 0) is 0 Å². The molecule has 0 amide bonds. The normalized spacial score (nSPS) is 25.4. The highest BCUT2D eigenvalue weighted by molar-refractivity contribution is 5.67. The summed E-state index contributed by atoms with van der Waals surface area (Å²) >= 11 is 0. The SMILES string of the molecule is CC(C)(O)C1C=NN=N1. The molecule has 0 fully saturated rings. The quantitative estimate of drug-likeness (QED) is 0.550. The molecule has 0 spiro atoms. The Morgan fingerprint density at radius 2 is 2.22 bits per heavy atom. The minimum Gasteiger partial charge on any atom is -0.388 e. The highest BCUT2D eigenvalue weighted by Crippen LogP contribution is 2.13. The lowest BCUT2D eigenvalue weighted by Crippen LogP contribution is -2.34. The summed E-state index contributed by atoms with van der Waals surface area (Å²) in [6.07, 6.45) is 1.53. The van der Waals surface area contributed by atoms with Crippen molar-refractivity contribution in [1.29, 1.82) is 0 Å². The lowest BCUT2D eigenvalue weighted by molar-refractivity contribution is 0.0743. The highest BCUT2D eigenvalue weighted by Gasteiger charge is 2.26. The van der Waals surface area contributed by atoms with Crippen LogP contribution in [0.15, 0.2) is 15.4 Å². The lowest BCUT2D eigenvalue weighted by atomic mass is 10.0. The first kappa shape index (κ1) is 6.35. The van der Waals surface area contributed by atoms with Crippen molar-refractivity contribution in [3.05, 3.63) is 0 Å². The van der Waals surface area contributed by atoms with Crippen LogP contribution in [0.25, 0.3) is 0 Å². The first-order valence-electron chi connectivity index (χ1n) is 2.76. The summed E-state index contributed by atoms with van der Waals surface area (Å²) in [6.45, 7) is 3.35. The number of hydrogen-bond donors (Lipinski definition) is 1. The van der Waals surface area contributed by atoms with E-state index in [1.54, 1.807) is 13.8 Å². The fourth-order valence-electron chi connectivity index (χ4n) is 0.532. The van der Waals surface area contributed by atoms with Gasteiger partial charge in [-0.1, -0.05) is 0 Å². The third-order valence-electron chi connectivity index (χ3n) is 1.16. The van der Waals surface area contributed by atoms with Gasteiger partial charge in [-0.05, 0) is 19.1 Å². The zero-order valence-electron chi connectivity index (χ0n) is 5.44. The summed E-state index contributed by atoms with van der Waals surface area (Å²) < 4.78 is 0. The number of nitrogens with zero attached hydrogens (tertiary/aromatic N) is 3. The van der Waals surface area contributed by atoms with Gasteiger partial charge in [0.2, 0.25) is 0 Å². The number of hydrogen-bond acceptors (Lipinski definition) is 4. The number of rotatable bonds is 1. The molecule has 0 aliphatic carbocycles. The van der Waals surface area contributed by atoms with E-state index in [0.29, 0.717) is 0 Å². The van der Waals surface area contributed by atoms with Gasteiger partial charge in [-0.25, -0.2) is 0 Å². The van der Waals surface area contributed by atoms with Crippen LogP contribution in [0.1, 0.15) is 13.8 Å². The Hall–Kier alpha value is -0.770. The second-order valence-corrected chi connectivity index (χ2v) is 2.57. The monoisotopic (exact) mass is 127 g/mol. The molecule has 9 heavy (non-hydrogen) atoms. The van der Waals surface area contributed by atoms with Crippen LogP contribution in [-0.4, -0.2) is 23.0 Å². The fraction of sp³-hybridized carbons (Fsp3) is 0.800. The van der Waals surface area contributed by atoms with Gasteiger partial charge in [0.25, 0.3) is 0 Å². The molecular formula is C5H9N3O. The van der Waals surface area contributed by atoms with E-state index in [9.17, 15) is 5.11 Å². The minimum absolute atomic E-state index is 0.266. The molecule has 0 aromatic carbocycles. The lowest BCUT2D eigenvalue weighted by Gasteiger charge is -2.18. The van der Waals surface area contributed by atoms with Gasteiger partial charge in [-0.3, -0.25) is 0 Å². The third kappa shape index (κ3) is 1.32. The van der Waals surface area contributed by atoms with Crippen molar-refractivity contribution in [3.8, 4) is 0 Å². The van der Waals surface area contributed by atoms with E-state index in [1.165, 1.54) is 6.21 Å². The molecule has 0 bridgehead atoms. The molecule has 0 aromatic rings. The third-order valence-corrected chi connectivity index (χ3v) is 1.16. The highest BCUT2D eigenvalue weighted by atomic mass is 16.3. The zero-order valence-corrected chi connectivity index (χ0v) is 5.44. The molecule has 0 saturated heterocycles. The second-order valence-electron chi connectivity index (χ2n) is 2.57. The average molecular weight is 127 g/mol. The van der Waals surface area contributed by atoms with Crippen molar-refractivity contribution in [1.82, 2.24) is 0 Å². The van der Waals surface area contributed by atoms with Crippen molar-refractivity contribution >= 4 is 6.21 Å². The summed E-state index contributed by atoms with van der Waals surface area (Å²) in [5, 5.41) is 19.8. The molecule has 4 nitrogen and oxygen atoms in total. The van der Waals surface area contributed by atoms with Crippen LogP contribution < -0.4 is 0 Å². The molecule has 1 atom stereocenters. The van der Waals surface area contributed by atoms with Gasteiger partial charge < -0.3 is 5.11 Å². The van der Waals surface area contributed by atoms with Crippen molar-refractivity contribution in [2.75, 3.05) is 0 Å². The molecule has 1 N–H and O–H groups in total. The van der Waals surface area contributed by atoms with Gasteiger partial charge in [0.05, 0.1) is 11.8 Å². The molecule has 0 aromatic heterocycles. The molecular weight excluding hydrogens is 118 g/mol. The van der Waals surface area contributed by atoms with E-state index >= 15 is 0 Å². The molecule has 1 rings (SSSR count). The summed E-state index contributed by atoms with van der Waals surface area (Å²) in [5.74, 6) is 0. The minimum atomic E-state index is -0.830. The Balaban J connectivity index is 2.64. The van der Waals surface area contributed by atoms with Gasteiger partial charge in [0.15, 0.2) is 0 Å². The second kappa shape index (κ2) is 1.88. The van der Waals surface area contributed by atoms with Crippen molar-refractivity contribution < 1.29 is 5.11 Å². The summed E-state index contributed by atoms with van der Waals surface area (Å²) in [7, 11) is 0. The van der Waals surface area contributed by atoms with Crippen LogP contribution in [0, 0.1) is 0 Å². The van der Waals surface area contributed by atoms with E-state index < -0.39 is 5.60 Å². The average Bonchev–Trinajstić information content (AvgIpc) is 2.08. The maximum Gasteiger partial charge on any atom is 0.138 e. The van der Waals surface area contributed by atoms with Crippen LogP contribution in [0.2, 0.25) is 0 Å². The van der Waals surface area contributed by atoms with E-state index in [2.05, 4.69) is 15.4 Å². The van der Waals surface area contributed by atoms with Crippen LogP contribution in [0.4, 0.5) is 0 Å². The van der Waals surface area contributed by atoms with E-state index in [0.717, 1.165) is 0 Å². The summed E-state index contributed by atoms with van der Waals surface area (Å²) in [4.78, 5) is 0. The first-order valence-corrected chi connectivity index (χ1v) is 2.76. The topological polar surface area (TPSA) is 57.3 Å². The largest absolute Gasteiger partial charge is 0.388 e. The predicted molar refractivity (Wildman–Crippen MR) is 33.4 cm³/mol. The Labute approximate surface area is 53.3 Å². The Kier molecular flexibility index (Phi) is 1.32. The van der Waals surface area contributed by atoms with Crippen molar-refractivity contribution in [2.24, 2.45) is 15.4 Å². The zero-order chi connectivity index (χ0) is 6.91. The molecule has 1 unspecified atom stereocenters. The van der Waals surface area contributed by atoms with Gasteiger partial charge in [0.1, 0.15) is 6.04 Å². The Morgan fingerprint density at radius 3 is 2.44 bits per heavy atom. The summed E-state index contributed by atoms with van der Waals surface area (Å²) in [6, 6.07) is -0.266. The Bertz CT molecular complexity index is 144. The summed E-state index contributed by atoms with van der Waals surface area (Å²) in [5.41, 5.74) is -0.830. The van der Waals surface area contributed by atoms with Gasteiger partial charge in [0, 0.05) is 0 Å². The maximum atomic E-state index is 9.27. The van der Waals surface area contributed by atoms with Gasteiger partial charge in [-0.2, -0.15) is 5.11 Å². The van der Waals surface area contributed by atoms with Crippen LogP contribution in [0.5, 0.6) is 0 Å². The number of aliphatic hydroxyl groups is 1. The van der Waals surface area contributed by atoms with E-state index in [-0.39, 0.29) is 6.04 Å². The van der Waals surface area contributed by atoms with Crippen LogP contribution >= 0.6 is 0 Å². The van der Waals surface area contributed by atoms with Gasteiger partial charge in [-0.15, -0.1) is 5.10 Å². The smallest absolute Gasteiger partial charge is 0.138 e. The Morgan fingerprint density at radius 1 is 1.56 bits per heavy atom. The standard InChI is InChI=1S/C5H9N3O/c1-5(2,9)4-3-6-8-7-4/h3-4,9H,1-2H3. The van der Waals surface area contributed by atoms with E-state index in [4.69, 9.17) is 0 Å². The van der Waals surface area contributed by atoms with Crippen molar-refractivity contribution in [3.63, 3.8) is 0 Å². The van der Waals surface area contributed by atoms with Gasteiger partial charge >= 0.3 is 0 Å². The van der Waals surface area contributed by atoms with Crippen LogP contribution in [0.3, 0.4) is 0 Å². The molecule has 4 heteroatoms. The predicted octanol–water partition coefficient (Wildman–Crippen LogP) is 0.577. The molecule has 50 valence electrons. The molecule has 0 radical (unpaired) electrons. The maximum absolute atomic E-state index is 9.27. The molecule has 1 heterocycles. The molecule has 1 aliphatic heterocycles. The van der Waals surface area contributed by atoms with Crippen molar-refractivity contribution in [2.45, 2.75) is 25.5 Å². The molecule has 1 aliphatic rings. The fourth-order valence-corrected chi connectivity index (χ4v) is 0.532. The first-order chi connectivity index (χ1) is 4.11. The van der Waals surface area contributed by atoms with E-state index in [1.807, 2.05) is 0 Å².